The molecule has 2 fully saturated rings. The van der Waals surface area contributed by atoms with Crippen LogP contribution in [0.4, 0.5) is 0 Å². The molecule has 20 heavy (non-hydrogen) atoms. The van der Waals surface area contributed by atoms with Gasteiger partial charge < -0.3 is 15.3 Å². The van der Waals surface area contributed by atoms with Crippen molar-refractivity contribution in [3.05, 3.63) is 28.2 Å². The number of nitrogens with zero attached hydrogens (tertiary/aromatic N) is 1. The first-order valence-electron chi connectivity index (χ1n) is 6.64. The molecule has 1 amide bonds. The summed E-state index contributed by atoms with van der Waals surface area (Å²) in [4.78, 5) is 13.5. The van der Waals surface area contributed by atoms with Crippen molar-refractivity contribution in [1.29, 1.82) is 0 Å². The van der Waals surface area contributed by atoms with Gasteiger partial charge in [-0.15, -0.1) is 0 Å². The number of nitrogens with one attached hydrogen (secondary N) is 1. The Labute approximate surface area is 128 Å². The number of carbonyl (C=O) groups excluding carboxylic acids is 1. The Kier molecular flexibility index (Phi) is 5.13. The van der Waals surface area contributed by atoms with E-state index in [-0.39, 0.29) is 11.7 Å². The minimum atomic E-state index is 0.129. The number of aromatic hydroxyl groups is 1. The summed E-state index contributed by atoms with van der Waals surface area (Å²) in [6.07, 6.45) is 1.05. The highest BCUT2D eigenvalue weighted by Crippen LogP contribution is 2.25. The van der Waals surface area contributed by atoms with E-state index in [4.69, 9.17) is 28.3 Å². The summed E-state index contributed by atoms with van der Waals surface area (Å²) in [6.45, 7) is 5.00. The molecular weight excluding hydrogens is 299 g/mol. The number of likely N-dealkylation sites (tertiary alicyclic amines) is 1. The van der Waals surface area contributed by atoms with Crippen molar-refractivity contribution in [2.75, 3.05) is 19.6 Å². The number of phenolic OH excluding ortho intramolecular Hbond substituents is 1. The molecule has 1 unspecified atom stereocenters. The average molecular weight is 317 g/mol. The predicted octanol–water partition coefficient (Wildman–Crippen LogP) is 2.53. The maximum atomic E-state index is 11.4. The van der Waals surface area contributed by atoms with Crippen LogP contribution in [0, 0.1) is 5.92 Å². The fourth-order valence-corrected chi connectivity index (χ4v) is 2.48. The lowest BCUT2D eigenvalue weighted by molar-refractivity contribution is -0.133. The van der Waals surface area contributed by atoms with E-state index in [9.17, 15) is 4.79 Å². The van der Waals surface area contributed by atoms with Gasteiger partial charge in [0.05, 0.1) is 16.1 Å². The third kappa shape index (κ3) is 3.57. The zero-order chi connectivity index (χ0) is 14.7. The van der Waals surface area contributed by atoms with Gasteiger partial charge in [-0.05, 0) is 24.6 Å². The average Bonchev–Trinajstić information content (AvgIpc) is 2.66. The van der Waals surface area contributed by atoms with Gasteiger partial charge in [-0.1, -0.05) is 30.1 Å². The molecule has 2 saturated heterocycles. The van der Waals surface area contributed by atoms with E-state index < -0.39 is 0 Å². The molecule has 1 aromatic carbocycles. The number of amides is 1. The van der Waals surface area contributed by atoms with Gasteiger partial charge in [-0.25, -0.2) is 0 Å². The lowest BCUT2D eigenvalue weighted by Crippen LogP contribution is -2.57. The fraction of sp³-hybridized carbons (Fsp3) is 0.500. The van der Waals surface area contributed by atoms with E-state index in [1.165, 1.54) is 12.1 Å². The number of hydrogen-bond acceptors (Lipinski definition) is 3. The number of halogens is 2. The second-order valence-electron chi connectivity index (χ2n) is 5.13. The Balaban J connectivity index is 0.000000151. The lowest BCUT2D eigenvalue weighted by atomic mass is 10.1. The Morgan fingerprint density at radius 1 is 1.30 bits per heavy atom. The van der Waals surface area contributed by atoms with Crippen LogP contribution >= 0.6 is 23.2 Å². The summed E-state index contributed by atoms with van der Waals surface area (Å²) in [6, 6.07) is 4.92. The van der Waals surface area contributed by atoms with Crippen LogP contribution < -0.4 is 5.32 Å². The maximum Gasteiger partial charge on any atom is 0.225 e. The van der Waals surface area contributed by atoms with Crippen LogP contribution in [0.2, 0.25) is 10.0 Å². The van der Waals surface area contributed by atoms with Crippen LogP contribution in [0.25, 0.3) is 0 Å². The van der Waals surface area contributed by atoms with Gasteiger partial charge in [0.25, 0.3) is 0 Å². The second-order valence-corrected chi connectivity index (χ2v) is 5.95. The largest absolute Gasteiger partial charge is 0.508 e. The molecule has 4 nitrogen and oxygen atoms in total. The first-order valence-corrected chi connectivity index (χ1v) is 7.40. The summed E-state index contributed by atoms with van der Waals surface area (Å²) in [7, 11) is 0. The first-order chi connectivity index (χ1) is 9.49. The molecule has 0 spiro atoms. The van der Waals surface area contributed by atoms with Crippen LogP contribution in [0.3, 0.4) is 0 Å². The van der Waals surface area contributed by atoms with E-state index >= 15 is 0 Å². The van der Waals surface area contributed by atoms with E-state index in [2.05, 4.69) is 5.32 Å². The van der Waals surface area contributed by atoms with Crippen molar-refractivity contribution < 1.29 is 9.90 Å². The molecule has 3 rings (SSSR count). The summed E-state index contributed by atoms with van der Waals surface area (Å²) >= 11 is 11.1. The standard InChI is InChI=1S/C8H14N2O.C6H4Cl2O/c1-6-2-3-10(8(6)11)7-4-9-5-7;7-5-2-1-4(9)3-6(5)8/h6-7,9H,2-5H2,1H3;1-3,9H. The smallest absolute Gasteiger partial charge is 0.225 e. The van der Waals surface area contributed by atoms with Crippen molar-refractivity contribution in [3.8, 4) is 5.75 Å². The van der Waals surface area contributed by atoms with Gasteiger partial charge in [0.15, 0.2) is 0 Å². The van der Waals surface area contributed by atoms with Gasteiger partial charge >= 0.3 is 0 Å². The SMILES string of the molecule is CC1CCN(C2CNC2)C1=O.Oc1ccc(Cl)c(Cl)c1. The Morgan fingerprint density at radius 3 is 2.40 bits per heavy atom. The molecule has 2 heterocycles. The van der Waals surface area contributed by atoms with Crippen molar-refractivity contribution in [1.82, 2.24) is 10.2 Å². The van der Waals surface area contributed by atoms with Gasteiger partial charge in [-0.2, -0.15) is 0 Å². The summed E-state index contributed by atoms with van der Waals surface area (Å²) in [5.41, 5.74) is 0. The highest BCUT2D eigenvalue weighted by atomic mass is 35.5. The number of benzene rings is 1. The molecule has 110 valence electrons. The Bertz CT molecular complexity index is 492. The minimum Gasteiger partial charge on any atom is -0.508 e. The molecule has 2 N–H and O–H groups in total. The molecule has 0 saturated carbocycles. The predicted molar refractivity (Wildman–Crippen MR) is 80.3 cm³/mol. The van der Waals surface area contributed by atoms with E-state index in [1.54, 1.807) is 6.07 Å². The van der Waals surface area contributed by atoms with E-state index in [0.29, 0.717) is 22.0 Å². The van der Waals surface area contributed by atoms with Gasteiger partial charge in [-0.3, -0.25) is 4.79 Å². The van der Waals surface area contributed by atoms with Gasteiger partial charge in [0.2, 0.25) is 5.91 Å². The van der Waals surface area contributed by atoms with E-state index in [0.717, 1.165) is 26.1 Å². The maximum absolute atomic E-state index is 11.4. The molecule has 6 heteroatoms. The summed E-state index contributed by atoms with van der Waals surface area (Å²) in [5.74, 6) is 0.761. The highest BCUT2D eigenvalue weighted by molar-refractivity contribution is 6.42. The number of rotatable bonds is 1. The molecule has 0 aliphatic carbocycles. The van der Waals surface area contributed by atoms with Crippen LogP contribution in [0.15, 0.2) is 18.2 Å². The first kappa shape index (κ1) is 15.4. The van der Waals surface area contributed by atoms with Crippen LogP contribution in [0.1, 0.15) is 13.3 Å². The number of carbonyl (C=O) groups is 1. The summed E-state index contributed by atoms with van der Waals surface area (Å²) < 4.78 is 0. The molecule has 2 aliphatic rings. The molecule has 0 radical (unpaired) electrons. The molecule has 1 aromatic rings. The molecule has 1 atom stereocenters. The van der Waals surface area contributed by atoms with Crippen LogP contribution in [0.5, 0.6) is 5.75 Å². The third-order valence-corrected chi connectivity index (χ3v) is 4.35. The Hall–Kier alpha value is -0.970. The van der Waals surface area contributed by atoms with Crippen LogP contribution in [-0.4, -0.2) is 41.6 Å². The zero-order valence-corrected chi connectivity index (χ0v) is 12.8. The number of hydrogen-bond donors (Lipinski definition) is 2. The quantitative estimate of drug-likeness (QED) is 0.837. The van der Waals surface area contributed by atoms with Crippen molar-refractivity contribution in [3.63, 3.8) is 0 Å². The normalized spacial score (nSPS) is 22.2. The minimum absolute atomic E-state index is 0.129. The second kappa shape index (κ2) is 6.66. The van der Waals surface area contributed by atoms with Gasteiger partial charge in [0.1, 0.15) is 5.75 Å². The highest BCUT2D eigenvalue weighted by Gasteiger charge is 2.35. The third-order valence-electron chi connectivity index (χ3n) is 3.61. The van der Waals surface area contributed by atoms with Crippen molar-refractivity contribution in [2.45, 2.75) is 19.4 Å². The van der Waals surface area contributed by atoms with Gasteiger partial charge in [0, 0.05) is 25.6 Å². The monoisotopic (exact) mass is 316 g/mol. The molecular formula is C14H18Cl2N2O2. The van der Waals surface area contributed by atoms with Crippen LogP contribution in [-0.2, 0) is 4.79 Å². The lowest BCUT2D eigenvalue weighted by Gasteiger charge is -2.35. The molecule has 2 aliphatic heterocycles. The molecule has 0 aromatic heterocycles. The number of phenols is 1. The van der Waals surface area contributed by atoms with Crippen molar-refractivity contribution in [2.24, 2.45) is 5.92 Å². The molecule has 0 bridgehead atoms. The Morgan fingerprint density at radius 2 is 2.00 bits per heavy atom. The zero-order valence-electron chi connectivity index (χ0n) is 11.3. The van der Waals surface area contributed by atoms with Crippen molar-refractivity contribution >= 4 is 29.1 Å². The van der Waals surface area contributed by atoms with E-state index in [1.807, 2.05) is 11.8 Å². The summed E-state index contributed by atoms with van der Waals surface area (Å²) in [5, 5.41) is 12.8. The fourth-order valence-electron chi connectivity index (χ4n) is 2.19. The topological polar surface area (TPSA) is 52.6 Å².